The quantitative estimate of drug-likeness (QED) is 0.908. The smallest absolute Gasteiger partial charge is 0.142 e. The summed E-state index contributed by atoms with van der Waals surface area (Å²) >= 11 is 0. The molecular formula is C21H25N3O2. The van der Waals surface area contributed by atoms with Crippen LogP contribution in [0.1, 0.15) is 12.0 Å². The van der Waals surface area contributed by atoms with E-state index >= 15 is 0 Å². The molecule has 5 nitrogen and oxygen atoms in total. The number of rotatable bonds is 4. The Morgan fingerprint density at radius 1 is 1.08 bits per heavy atom. The van der Waals surface area contributed by atoms with Gasteiger partial charge in [-0.3, -0.25) is 9.89 Å². The van der Waals surface area contributed by atoms with Crippen molar-refractivity contribution < 1.29 is 9.84 Å². The van der Waals surface area contributed by atoms with Crippen molar-refractivity contribution in [3.63, 3.8) is 0 Å². The summed E-state index contributed by atoms with van der Waals surface area (Å²) in [6.07, 6.45) is 3.16. The SMILES string of the molecule is COc1ccccc1N1CCN(Cc2ccc(O)c3c2=CCCN=3)CC1. The Bertz CT molecular complexity index is 902. The molecule has 1 N–H and O–H groups in total. The first-order chi connectivity index (χ1) is 12.8. The fraction of sp³-hybridized carbons (Fsp3) is 0.381. The van der Waals surface area contributed by atoms with Crippen LogP contribution in [0, 0.1) is 0 Å². The number of nitrogens with zero attached hydrogens (tertiary/aromatic N) is 3. The van der Waals surface area contributed by atoms with Crippen molar-refractivity contribution in [3.8, 4) is 11.5 Å². The Morgan fingerprint density at radius 2 is 1.88 bits per heavy atom. The molecule has 1 saturated heterocycles. The van der Waals surface area contributed by atoms with Gasteiger partial charge in [0.15, 0.2) is 0 Å². The number of para-hydroxylation sites is 2. The Morgan fingerprint density at radius 3 is 2.69 bits per heavy atom. The molecule has 2 aliphatic rings. The van der Waals surface area contributed by atoms with Crippen LogP contribution in [-0.4, -0.2) is 49.8 Å². The van der Waals surface area contributed by atoms with E-state index in [1.807, 2.05) is 18.2 Å². The number of methoxy groups -OCH3 is 1. The van der Waals surface area contributed by atoms with Crippen molar-refractivity contribution in [3.05, 3.63) is 52.5 Å². The van der Waals surface area contributed by atoms with E-state index < -0.39 is 0 Å². The maximum absolute atomic E-state index is 10.1. The van der Waals surface area contributed by atoms with E-state index in [9.17, 15) is 5.11 Å². The monoisotopic (exact) mass is 351 g/mol. The van der Waals surface area contributed by atoms with Gasteiger partial charge in [-0.15, -0.1) is 0 Å². The highest BCUT2D eigenvalue weighted by molar-refractivity contribution is 5.58. The molecule has 2 heterocycles. The number of phenolic OH excluding ortho intramolecular Hbond substituents is 1. The van der Waals surface area contributed by atoms with Gasteiger partial charge in [0, 0.05) is 44.5 Å². The number of anilines is 1. The van der Waals surface area contributed by atoms with Crippen molar-refractivity contribution in [2.75, 3.05) is 44.7 Å². The largest absolute Gasteiger partial charge is 0.506 e. The van der Waals surface area contributed by atoms with Crippen molar-refractivity contribution in [1.82, 2.24) is 4.90 Å². The number of aromatic hydroxyl groups is 1. The van der Waals surface area contributed by atoms with Crippen LogP contribution in [0.4, 0.5) is 5.69 Å². The molecule has 4 rings (SSSR count). The minimum Gasteiger partial charge on any atom is -0.506 e. The van der Waals surface area contributed by atoms with Gasteiger partial charge in [-0.25, -0.2) is 0 Å². The molecule has 0 radical (unpaired) electrons. The molecule has 2 aromatic rings. The van der Waals surface area contributed by atoms with Crippen LogP contribution in [0.2, 0.25) is 0 Å². The molecule has 1 fully saturated rings. The van der Waals surface area contributed by atoms with Gasteiger partial charge in [0.25, 0.3) is 0 Å². The summed E-state index contributed by atoms with van der Waals surface area (Å²) in [7, 11) is 1.73. The summed E-state index contributed by atoms with van der Waals surface area (Å²) in [6.45, 7) is 5.63. The average molecular weight is 351 g/mol. The summed E-state index contributed by atoms with van der Waals surface area (Å²) in [5, 5.41) is 11.9. The number of piperazine rings is 1. The summed E-state index contributed by atoms with van der Waals surface area (Å²) in [5.74, 6) is 1.23. The lowest BCUT2D eigenvalue weighted by molar-refractivity contribution is 0.248. The van der Waals surface area contributed by atoms with E-state index in [0.29, 0.717) is 5.75 Å². The summed E-state index contributed by atoms with van der Waals surface area (Å²) in [6, 6.07) is 12.0. The molecule has 0 aliphatic carbocycles. The van der Waals surface area contributed by atoms with Crippen LogP contribution in [-0.2, 0) is 6.54 Å². The van der Waals surface area contributed by atoms with Crippen LogP contribution < -0.4 is 20.2 Å². The molecule has 0 atom stereocenters. The average Bonchev–Trinajstić information content (AvgIpc) is 2.71. The number of hydrogen-bond acceptors (Lipinski definition) is 5. The summed E-state index contributed by atoms with van der Waals surface area (Å²) in [5.41, 5.74) is 2.43. The second-order valence-corrected chi connectivity index (χ2v) is 6.82. The Balaban J connectivity index is 1.47. The van der Waals surface area contributed by atoms with Crippen LogP contribution in [0.5, 0.6) is 11.5 Å². The topological polar surface area (TPSA) is 48.3 Å². The van der Waals surface area contributed by atoms with E-state index in [1.54, 1.807) is 13.2 Å². The van der Waals surface area contributed by atoms with Crippen molar-refractivity contribution in [1.29, 1.82) is 0 Å². The second-order valence-electron chi connectivity index (χ2n) is 6.82. The predicted octanol–water partition coefficient (Wildman–Crippen LogP) is 1.53. The van der Waals surface area contributed by atoms with Gasteiger partial charge in [-0.05, 0) is 30.2 Å². The fourth-order valence-corrected chi connectivity index (χ4v) is 3.83. The Labute approximate surface area is 153 Å². The Kier molecular flexibility index (Phi) is 4.80. The predicted molar refractivity (Wildman–Crippen MR) is 103 cm³/mol. The number of benzene rings is 2. The second kappa shape index (κ2) is 7.38. The van der Waals surface area contributed by atoms with Crippen molar-refractivity contribution in [2.24, 2.45) is 4.99 Å². The number of phenols is 1. The van der Waals surface area contributed by atoms with Crippen LogP contribution in [0.3, 0.4) is 0 Å². The summed E-state index contributed by atoms with van der Waals surface area (Å²) < 4.78 is 5.50. The Hall–Kier alpha value is -2.53. The third-order valence-corrected chi connectivity index (χ3v) is 5.23. The normalized spacial score (nSPS) is 17.2. The molecule has 2 aromatic carbocycles. The van der Waals surface area contributed by atoms with Gasteiger partial charge < -0.3 is 14.7 Å². The lowest BCUT2D eigenvalue weighted by Gasteiger charge is -2.36. The summed E-state index contributed by atoms with van der Waals surface area (Å²) in [4.78, 5) is 9.36. The highest BCUT2D eigenvalue weighted by Gasteiger charge is 2.20. The molecule has 0 spiro atoms. The molecule has 26 heavy (non-hydrogen) atoms. The maximum Gasteiger partial charge on any atom is 0.142 e. The minimum atomic E-state index is 0.292. The maximum atomic E-state index is 10.1. The van der Waals surface area contributed by atoms with Gasteiger partial charge in [-0.1, -0.05) is 24.3 Å². The zero-order valence-corrected chi connectivity index (χ0v) is 15.2. The van der Waals surface area contributed by atoms with Crippen molar-refractivity contribution in [2.45, 2.75) is 13.0 Å². The van der Waals surface area contributed by atoms with Crippen molar-refractivity contribution >= 4 is 11.8 Å². The molecule has 5 heteroatoms. The first-order valence-corrected chi connectivity index (χ1v) is 9.22. The molecule has 2 aliphatic heterocycles. The molecule has 0 unspecified atom stereocenters. The molecule has 0 saturated carbocycles. The molecule has 0 aromatic heterocycles. The lowest BCUT2D eigenvalue weighted by atomic mass is 10.1. The number of hydrogen-bond donors (Lipinski definition) is 1. The lowest BCUT2D eigenvalue weighted by Crippen LogP contribution is -2.47. The van der Waals surface area contributed by atoms with Gasteiger partial charge >= 0.3 is 0 Å². The number of fused-ring (bicyclic) bond motifs is 1. The first kappa shape index (κ1) is 16.9. The van der Waals surface area contributed by atoms with E-state index in [1.165, 1.54) is 11.3 Å². The van der Waals surface area contributed by atoms with E-state index in [0.717, 1.165) is 62.0 Å². The minimum absolute atomic E-state index is 0.292. The highest BCUT2D eigenvalue weighted by atomic mass is 16.5. The first-order valence-electron chi connectivity index (χ1n) is 9.22. The highest BCUT2D eigenvalue weighted by Crippen LogP contribution is 2.28. The number of ether oxygens (including phenoxy) is 1. The third kappa shape index (κ3) is 3.27. The van der Waals surface area contributed by atoms with E-state index in [2.05, 4.69) is 33.0 Å². The van der Waals surface area contributed by atoms with Crippen LogP contribution >= 0.6 is 0 Å². The molecule has 0 amide bonds. The van der Waals surface area contributed by atoms with Gasteiger partial charge in [0.1, 0.15) is 16.9 Å². The van der Waals surface area contributed by atoms with Gasteiger partial charge in [0.2, 0.25) is 0 Å². The third-order valence-electron chi connectivity index (χ3n) is 5.23. The van der Waals surface area contributed by atoms with E-state index in [4.69, 9.17) is 4.74 Å². The van der Waals surface area contributed by atoms with Gasteiger partial charge in [-0.2, -0.15) is 0 Å². The molecule has 0 bridgehead atoms. The zero-order chi connectivity index (χ0) is 17.9. The molecular weight excluding hydrogens is 326 g/mol. The van der Waals surface area contributed by atoms with Crippen LogP contribution in [0.15, 0.2) is 41.4 Å². The standard InChI is InChI=1S/C21H25N3O2/c1-26-20-7-3-2-6-18(20)24-13-11-23(12-14-24)15-16-8-9-19(25)21-17(16)5-4-10-22-21/h2-3,5-9,25H,4,10-15H2,1H3. The zero-order valence-electron chi connectivity index (χ0n) is 15.2. The van der Waals surface area contributed by atoms with Crippen LogP contribution in [0.25, 0.3) is 6.08 Å². The molecule has 136 valence electrons. The van der Waals surface area contributed by atoms with Gasteiger partial charge in [0.05, 0.1) is 12.8 Å². The van der Waals surface area contributed by atoms with E-state index in [-0.39, 0.29) is 0 Å². The fourth-order valence-electron chi connectivity index (χ4n) is 3.83.